The first-order chi connectivity index (χ1) is 8.73. The van der Waals surface area contributed by atoms with Gasteiger partial charge in [-0.1, -0.05) is 0 Å². The van der Waals surface area contributed by atoms with E-state index in [1.165, 1.54) is 14.0 Å². The molecule has 2 amide bonds. The van der Waals surface area contributed by atoms with Crippen LogP contribution in [0.25, 0.3) is 0 Å². The molecule has 0 spiro atoms. The number of rotatable bonds is 3. The highest BCUT2D eigenvalue weighted by molar-refractivity contribution is 5.98. The van der Waals surface area contributed by atoms with E-state index >= 15 is 0 Å². The molecule has 1 aromatic carbocycles. The summed E-state index contributed by atoms with van der Waals surface area (Å²) in [5.74, 6) is 0.107. The quantitative estimate of drug-likeness (QED) is 0.879. The minimum Gasteiger partial charge on any atom is -0.495 e. The van der Waals surface area contributed by atoms with Crippen LogP contribution < -0.4 is 15.4 Å². The van der Waals surface area contributed by atoms with E-state index in [2.05, 4.69) is 10.6 Å². The van der Waals surface area contributed by atoms with Gasteiger partial charge in [0.2, 0.25) is 5.91 Å². The first kappa shape index (κ1) is 15.0. The van der Waals surface area contributed by atoms with Crippen LogP contribution >= 0.6 is 0 Å². The molecule has 2 N–H and O–H groups in total. The molecule has 5 nitrogen and oxygen atoms in total. The third-order valence-corrected chi connectivity index (χ3v) is 2.26. The smallest absolute Gasteiger partial charge is 0.251 e. The molecule has 0 aliphatic rings. The maximum absolute atomic E-state index is 12.0. The van der Waals surface area contributed by atoms with Crippen LogP contribution in [0, 0.1) is 0 Å². The van der Waals surface area contributed by atoms with Gasteiger partial charge in [-0.2, -0.15) is 0 Å². The Bertz CT molecular complexity index is 490. The molecule has 0 saturated heterocycles. The molecule has 0 fully saturated rings. The van der Waals surface area contributed by atoms with Gasteiger partial charge in [-0.3, -0.25) is 9.59 Å². The normalized spacial score (nSPS) is 10.8. The molecule has 0 aromatic heterocycles. The van der Waals surface area contributed by atoms with Gasteiger partial charge in [-0.25, -0.2) is 0 Å². The fraction of sp³-hybridized carbons (Fsp3) is 0.429. The van der Waals surface area contributed by atoms with E-state index in [0.717, 1.165) is 0 Å². The van der Waals surface area contributed by atoms with Crippen LogP contribution in [0.1, 0.15) is 38.1 Å². The van der Waals surface area contributed by atoms with Crippen LogP contribution in [0.5, 0.6) is 5.75 Å². The summed E-state index contributed by atoms with van der Waals surface area (Å²) in [5.41, 5.74) is 0.640. The SMILES string of the molecule is COc1ccc(C(=O)NC(C)(C)C)cc1NC(C)=O. The zero-order valence-electron chi connectivity index (χ0n) is 12.0. The summed E-state index contributed by atoms with van der Waals surface area (Å²) in [4.78, 5) is 23.2. The Hall–Kier alpha value is -2.04. The molecule has 1 aromatic rings. The minimum absolute atomic E-state index is 0.193. The highest BCUT2D eigenvalue weighted by atomic mass is 16.5. The maximum atomic E-state index is 12.0. The highest BCUT2D eigenvalue weighted by Gasteiger charge is 2.16. The van der Waals surface area contributed by atoms with Crippen LogP contribution in [0.4, 0.5) is 5.69 Å². The number of nitrogens with one attached hydrogen (secondary N) is 2. The summed E-state index contributed by atoms with van der Waals surface area (Å²) in [7, 11) is 1.51. The van der Waals surface area contributed by atoms with Crippen molar-refractivity contribution >= 4 is 17.5 Å². The molecule has 0 radical (unpaired) electrons. The van der Waals surface area contributed by atoms with Crippen molar-refractivity contribution in [1.82, 2.24) is 5.32 Å². The van der Waals surface area contributed by atoms with Gasteiger partial charge >= 0.3 is 0 Å². The van der Waals surface area contributed by atoms with Gasteiger partial charge in [0.25, 0.3) is 5.91 Å². The maximum Gasteiger partial charge on any atom is 0.251 e. The number of hydrogen-bond donors (Lipinski definition) is 2. The second kappa shape index (κ2) is 5.73. The fourth-order valence-corrected chi connectivity index (χ4v) is 1.55. The van der Waals surface area contributed by atoms with Crippen molar-refractivity contribution in [2.24, 2.45) is 0 Å². The number of amides is 2. The Morgan fingerprint density at radius 1 is 1.21 bits per heavy atom. The molecule has 0 aliphatic heterocycles. The first-order valence-electron chi connectivity index (χ1n) is 6.01. The van der Waals surface area contributed by atoms with Crippen LogP contribution in [0.3, 0.4) is 0 Å². The number of benzene rings is 1. The summed E-state index contributed by atoms with van der Waals surface area (Å²) in [6, 6.07) is 4.91. The van der Waals surface area contributed by atoms with E-state index in [1.54, 1.807) is 18.2 Å². The van der Waals surface area contributed by atoms with Crippen molar-refractivity contribution in [3.05, 3.63) is 23.8 Å². The summed E-state index contributed by atoms with van der Waals surface area (Å²) in [5, 5.41) is 5.50. The second-order valence-electron chi connectivity index (χ2n) is 5.30. The average Bonchev–Trinajstić information content (AvgIpc) is 2.25. The molecule has 0 saturated carbocycles. The number of carbonyl (C=O) groups is 2. The Balaban J connectivity index is 3.04. The number of anilines is 1. The second-order valence-corrected chi connectivity index (χ2v) is 5.30. The average molecular weight is 264 g/mol. The van der Waals surface area contributed by atoms with Crippen LogP contribution in [0.2, 0.25) is 0 Å². The molecular weight excluding hydrogens is 244 g/mol. The lowest BCUT2D eigenvalue weighted by atomic mass is 10.1. The first-order valence-corrected chi connectivity index (χ1v) is 6.01. The van der Waals surface area contributed by atoms with E-state index in [9.17, 15) is 9.59 Å². The van der Waals surface area contributed by atoms with Crippen LogP contribution in [-0.2, 0) is 4.79 Å². The third kappa shape index (κ3) is 4.62. The number of methoxy groups -OCH3 is 1. The lowest BCUT2D eigenvalue weighted by Crippen LogP contribution is -2.40. The summed E-state index contributed by atoms with van der Waals surface area (Å²) < 4.78 is 5.14. The van der Waals surface area contributed by atoms with Gasteiger partial charge in [0, 0.05) is 18.0 Å². The number of ether oxygens (including phenoxy) is 1. The summed E-state index contributed by atoms with van der Waals surface area (Å²) in [6.45, 7) is 7.12. The van der Waals surface area contributed by atoms with E-state index < -0.39 is 0 Å². The van der Waals surface area contributed by atoms with E-state index in [0.29, 0.717) is 17.0 Å². The Kier molecular flexibility index (Phi) is 4.53. The topological polar surface area (TPSA) is 67.4 Å². The van der Waals surface area contributed by atoms with E-state index in [-0.39, 0.29) is 17.4 Å². The van der Waals surface area contributed by atoms with Crippen molar-refractivity contribution in [3.8, 4) is 5.75 Å². The molecule has 19 heavy (non-hydrogen) atoms. The summed E-state index contributed by atoms with van der Waals surface area (Å²) in [6.07, 6.45) is 0. The molecule has 0 aliphatic carbocycles. The van der Waals surface area contributed by atoms with Crippen molar-refractivity contribution in [2.45, 2.75) is 33.2 Å². The van der Waals surface area contributed by atoms with Crippen molar-refractivity contribution in [1.29, 1.82) is 0 Å². The van der Waals surface area contributed by atoms with Gasteiger partial charge in [0.05, 0.1) is 12.8 Å². The Morgan fingerprint density at radius 2 is 1.84 bits per heavy atom. The summed E-state index contributed by atoms with van der Waals surface area (Å²) >= 11 is 0. The predicted octanol–water partition coefficient (Wildman–Crippen LogP) is 2.18. The van der Waals surface area contributed by atoms with Gasteiger partial charge < -0.3 is 15.4 Å². The Labute approximate surface area is 113 Å². The molecule has 0 heterocycles. The largest absolute Gasteiger partial charge is 0.495 e. The van der Waals surface area contributed by atoms with Crippen molar-refractivity contribution < 1.29 is 14.3 Å². The van der Waals surface area contributed by atoms with Crippen LogP contribution in [0.15, 0.2) is 18.2 Å². The van der Waals surface area contributed by atoms with E-state index in [4.69, 9.17) is 4.74 Å². The van der Waals surface area contributed by atoms with Gasteiger partial charge in [-0.15, -0.1) is 0 Å². The molecule has 5 heteroatoms. The molecule has 104 valence electrons. The molecular formula is C14H20N2O3. The lowest BCUT2D eigenvalue weighted by molar-refractivity contribution is -0.114. The molecule has 0 unspecified atom stereocenters. The fourth-order valence-electron chi connectivity index (χ4n) is 1.55. The highest BCUT2D eigenvalue weighted by Crippen LogP contribution is 2.25. The standard InChI is InChI=1S/C14H20N2O3/c1-9(17)15-11-8-10(6-7-12(11)19-5)13(18)16-14(2,3)4/h6-8H,1-5H3,(H,15,17)(H,16,18). The number of hydrogen-bond acceptors (Lipinski definition) is 3. The van der Waals surface area contributed by atoms with Gasteiger partial charge in [0.15, 0.2) is 0 Å². The zero-order chi connectivity index (χ0) is 14.6. The minimum atomic E-state index is -0.314. The number of carbonyl (C=O) groups excluding carboxylic acids is 2. The van der Waals surface area contributed by atoms with Gasteiger partial charge in [0.1, 0.15) is 5.75 Å². The zero-order valence-corrected chi connectivity index (χ0v) is 12.0. The molecule has 1 rings (SSSR count). The lowest BCUT2D eigenvalue weighted by Gasteiger charge is -2.21. The van der Waals surface area contributed by atoms with Crippen molar-refractivity contribution in [3.63, 3.8) is 0 Å². The molecule has 0 atom stereocenters. The predicted molar refractivity (Wildman–Crippen MR) is 74.5 cm³/mol. The third-order valence-electron chi connectivity index (χ3n) is 2.26. The van der Waals surface area contributed by atoms with Crippen LogP contribution in [-0.4, -0.2) is 24.5 Å². The monoisotopic (exact) mass is 264 g/mol. The Morgan fingerprint density at radius 3 is 2.32 bits per heavy atom. The van der Waals surface area contributed by atoms with E-state index in [1.807, 2.05) is 20.8 Å². The van der Waals surface area contributed by atoms with Crippen molar-refractivity contribution in [2.75, 3.05) is 12.4 Å². The van der Waals surface area contributed by atoms with Gasteiger partial charge in [-0.05, 0) is 39.0 Å². The molecule has 0 bridgehead atoms.